The Morgan fingerprint density at radius 3 is 2.50 bits per heavy atom. The molecule has 1 heteroatoms. The molecule has 0 aromatic rings. The van der Waals surface area contributed by atoms with Crippen LogP contribution in [0.2, 0.25) is 0 Å². The van der Waals surface area contributed by atoms with Crippen LogP contribution < -0.4 is 0 Å². The molecule has 0 nitrogen and oxygen atoms in total. The maximum absolute atomic E-state index is 2.99. The second-order valence-corrected chi connectivity index (χ2v) is 1.00. The van der Waals surface area contributed by atoms with Crippen LogP contribution in [-0.2, 0) is 22.4 Å². The van der Waals surface area contributed by atoms with Gasteiger partial charge in [0.2, 0.25) is 0 Å². The van der Waals surface area contributed by atoms with Crippen molar-refractivity contribution in [2.24, 2.45) is 0 Å². The van der Waals surface area contributed by atoms with Gasteiger partial charge in [0.05, 0.1) is 0 Å². The summed E-state index contributed by atoms with van der Waals surface area (Å²) < 4.78 is 0. The van der Waals surface area contributed by atoms with Crippen LogP contribution >= 0.6 is 0 Å². The minimum absolute atomic E-state index is 0. The van der Waals surface area contributed by atoms with Crippen molar-refractivity contribution in [2.45, 2.75) is 6.42 Å². The van der Waals surface area contributed by atoms with Gasteiger partial charge in [-0.1, -0.05) is 0 Å². The first-order valence-corrected chi connectivity index (χ1v) is 1.72. The van der Waals surface area contributed by atoms with Crippen LogP contribution in [0.15, 0.2) is 18.2 Å². The van der Waals surface area contributed by atoms with Crippen LogP contribution in [0, 0.1) is 6.08 Å². The molecule has 6 heavy (non-hydrogen) atoms. The van der Waals surface area contributed by atoms with E-state index >= 15 is 0 Å². The van der Waals surface area contributed by atoms with Crippen molar-refractivity contribution in [3.8, 4) is 0 Å². The van der Waals surface area contributed by atoms with E-state index in [1.807, 2.05) is 12.2 Å². The molecule has 0 N–H and O–H groups in total. The van der Waals surface area contributed by atoms with Gasteiger partial charge in [-0.25, -0.2) is 12.2 Å². The summed E-state index contributed by atoms with van der Waals surface area (Å²) in [6.07, 6.45) is 10.0. The Balaban J connectivity index is 0.000000250. The Hall–Kier alpha value is 0.220. The van der Waals surface area contributed by atoms with Gasteiger partial charge in [-0.2, -0.15) is 6.08 Å². The van der Waals surface area contributed by atoms with Gasteiger partial charge in [-0.3, -0.25) is 6.08 Å². The van der Waals surface area contributed by atoms with Gasteiger partial charge >= 0.3 is 22.4 Å². The van der Waals surface area contributed by atoms with Crippen molar-refractivity contribution in [1.29, 1.82) is 0 Å². The van der Waals surface area contributed by atoms with E-state index in [-0.39, 0.29) is 22.4 Å². The Bertz CT molecular complexity index is 62.0. The first-order chi connectivity index (χ1) is 2.50. The minimum Gasteiger partial charge on any atom is -0.273 e. The molecule has 0 aromatic heterocycles. The van der Waals surface area contributed by atoms with Crippen molar-refractivity contribution >= 4 is 0 Å². The van der Waals surface area contributed by atoms with Gasteiger partial charge in [0.15, 0.2) is 0 Å². The molecule has 0 radical (unpaired) electrons. The van der Waals surface area contributed by atoms with Crippen LogP contribution in [0.3, 0.4) is 0 Å². The number of hydrogen-bond acceptors (Lipinski definition) is 0. The SMILES string of the molecule is [Ag+].[C-]1=CC=CC1. The Morgan fingerprint density at radius 2 is 2.33 bits per heavy atom. The summed E-state index contributed by atoms with van der Waals surface area (Å²) >= 11 is 0. The molecule has 0 unspecified atom stereocenters. The van der Waals surface area contributed by atoms with E-state index in [1.165, 1.54) is 0 Å². The topological polar surface area (TPSA) is 0 Å². The number of allylic oxidation sites excluding steroid dienone is 4. The zero-order valence-corrected chi connectivity index (χ0v) is 4.72. The number of rotatable bonds is 0. The molecule has 36 valence electrons. The van der Waals surface area contributed by atoms with Gasteiger partial charge in [0.1, 0.15) is 0 Å². The van der Waals surface area contributed by atoms with E-state index in [2.05, 4.69) is 12.2 Å². The molecule has 0 aliphatic heterocycles. The first-order valence-electron chi connectivity index (χ1n) is 1.72. The third kappa shape index (κ3) is 1.61. The maximum Gasteiger partial charge on any atom is 1.00 e. The molecule has 0 heterocycles. The van der Waals surface area contributed by atoms with Gasteiger partial charge in [0.25, 0.3) is 0 Å². The number of hydrogen-bond donors (Lipinski definition) is 0. The van der Waals surface area contributed by atoms with Crippen LogP contribution in [0.25, 0.3) is 0 Å². The van der Waals surface area contributed by atoms with E-state index < -0.39 is 0 Å². The summed E-state index contributed by atoms with van der Waals surface area (Å²) in [5.41, 5.74) is 0. The van der Waals surface area contributed by atoms with Crippen molar-refractivity contribution in [3.63, 3.8) is 0 Å². The summed E-state index contributed by atoms with van der Waals surface area (Å²) in [5, 5.41) is 0. The largest absolute Gasteiger partial charge is 1.00 e. The van der Waals surface area contributed by atoms with E-state index in [0.717, 1.165) is 6.42 Å². The summed E-state index contributed by atoms with van der Waals surface area (Å²) in [6.45, 7) is 0. The van der Waals surface area contributed by atoms with Gasteiger partial charge in [-0.05, 0) is 0 Å². The van der Waals surface area contributed by atoms with Crippen LogP contribution in [0.5, 0.6) is 0 Å². The smallest absolute Gasteiger partial charge is 0.273 e. The third-order valence-corrected chi connectivity index (χ3v) is 0.586. The van der Waals surface area contributed by atoms with E-state index in [0.29, 0.717) is 0 Å². The maximum atomic E-state index is 2.99. The summed E-state index contributed by atoms with van der Waals surface area (Å²) in [4.78, 5) is 0. The van der Waals surface area contributed by atoms with Gasteiger partial charge in [0, 0.05) is 0 Å². The zero-order valence-electron chi connectivity index (χ0n) is 3.24. The van der Waals surface area contributed by atoms with Crippen molar-refractivity contribution in [2.75, 3.05) is 0 Å². The Kier molecular flexibility index (Phi) is 3.54. The minimum atomic E-state index is 0. The second kappa shape index (κ2) is 3.41. The predicted molar refractivity (Wildman–Crippen MR) is 21.6 cm³/mol. The quantitative estimate of drug-likeness (QED) is 0.382. The molecule has 0 bridgehead atoms. The molecule has 0 aromatic carbocycles. The second-order valence-electron chi connectivity index (χ2n) is 1.00. The van der Waals surface area contributed by atoms with E-state index in [4.69, 9.17) is 0 Å². The Labute approximate surface area is 53.4 Å². The molecule has 1 aliphatic rings. The third-order valence-electron chi connectivity index (χ3n) is 0.586. The molecule has 0 saturated heterocycles. The monoisotopic (exact) mass is 172 g/mol. The average Bonchev–Trinajstić information content (AvgIpc) is 1.76. The summed E-state index contributed by atoms with van der Waals surface area (Å²) in [7, 11) is 0. The van der Waals surface area contributed by atoms with Crippen LogP contribution in [0.4, 0.5) is 0 Å². The van der Waals surface area contributed by atoms with Gasteiger partial charge in [-0.15, -0.1) is 6.42 Å². The van der Waals surface area contributed by atoms with Gasteiger partial charge < -0.3 is 0 Å². The van der Waals surface area contributed by atoms with E-state index in [9.17, 15) is 0 Å². The first kappa shape index (κ1) is 6.22. The van der Waals surface area contributed by atoms with E-state index in [1.54, 1.807) is 0 Å². The molecule has 0 saturated carbocycles. The fourth-order valence-electron chi connectivity index (χ4n) is 0.340. The molecule has 0 amide bonds. The van der Waals surface area contributed by atoms with Crippen molar-refractivity contribution in [1.82, 2.24) is 0 Å². The van der Waals surface area contributed by atoms with Crippen molar-refractivity contribution < 1.29 is 22.4 Å². The predicted octanol–water partition coefficient (Wildman–Crippen LogP) is 1.30. The molecular formula is C5H5Ag. The summed E-state index contributed by atoms with van der Waals surface area (Å²) in [5.74, 6) is 0. The average molecular weight is 173 g/mol. The fourth-order valence-corrected chi connectivity index (χ4v) is 0.340. The molecule has 0 fully saturated rings. The molecule has 1 rings (SSSR count). The van der Waals surface area contributed by atoms with Crippen LogP contribution in [-0.4, -0.2) is 0 Å². The molecule has 1 aliphatic carbocycles. The zero-order chi connectivity index (χ0) is 3.54. The normalized spacial score (nSPS) is 14.7. The molecular weight excluding hydrogens is 168 g/mol. The molecule has 0 spiro atoms. The standard InChI is InChI=1S/C5H5.Ag/c1-2-4-5-3-1;/h1-3H,4H2;/q-1;+1. The Morgan fingerprint density at radius 1 is 1.50 bits per heavy atom. The van der Waals surface area contributed by atoms with Crippen LogP contribution in [0.1, 0.15) is 6.42 Å². The van der Waals surface area contributed by atoms with Crippen molar-refractivity contribution in [3.05, 3.63) is 24.3 Å². The summed E-state index contributed by atoms with van der Waals surface area (Å²) in [6, 6.07) is 0. The fraction of sp³-hybridized carbons (Fsp3) is 0.200. The molecule has 0 atom stereocenters.